The number of amides is 3. The van der Waals surface area contributed by atoms with Crippen molar-refractivity contribution in [2.45, 2.75) is 19.5 Å². The van der Waals surface area contributed by atoms with Crippen molar-refractivity contribution in [1.82, 2.24) is 14.4 Å². The van der Waals surface area contributed by atoms with Gasteiger partial charge in [0.2, 0.25) is 0 Å². The van der Waals surface area contributed by atoms with Gasteiger partial charge in [-0.1, -0.05) is 24.3 Å². The first-order chi connectivity index (χ1) is 16.9. The largest absolute Gasteiger partial charge is 0.334 e. The minimum atomic E-state index is -0.496. The average molecular weight is 495 g/mol. The number of carbonyl (C=O) groups is 2. The molecule has 1 aliphatic heterocycles. The molecule has 1 N–H and O–H groups in total. The van der Waals surface area contributed by atoms with E-state index in [-0.39, 0.29) is 23.5 Å². The third-order valence-electron chi connectivity index (χ3n) is 6.27. The van der Waals surface area contributed by atoms with Gasteiger partial charge in [0, 0.05) is 37.6 Å². The maximum absolute atomic E-state index is 13.9. The number of carbonyl (C=O) groups excluding carboxylic acids is 2. The molecule has 2 aromatic heterocycles. The summed E-state index contributed by atoms with van der Waals surface area (Å²) in [5.74, 6) is -0.912. The second kappa shape index (κ2) is 9.50. The van der Waals surface area contributed by atoms with Crippen LogP contribution in [0.3, 0.4) is 0 Å². The Hall–Kier alpha value is -3.72. The van der Waals surface area contributed by atoms with E-state index in [4.69, 9.17) is 0 Å². The summed E-state index contributed by atoms with van der Waals surface area (Å²) in [6.07, 6.45) is 0. The van der Waals surface area contributed by atoms with Crippen LogP contribution in [0, 0.1) is 11.6 Å². The van der Waals surface area contributed by atoms with Crippen LogP contribution in [0.25, 0.3) is 10.2 Å². The molecule has 3 amide bonds. The Morgan fingerprint density at radius 1 is 1.06 bits per heavy atom. The molecule has 6 nitrogen and oxygen atoms in total. The van der Waals surface area contributed by atoms with Gasteiger partial charge in [-0.05, 0) is 54.3 Å². The van der Waals surface area contributed by atoms with E-state index in [1.807, 2.05) is 29.0 Å². The number of para-hydroxylation sites is 1. The summed E-state index contributed by atoms with van der Waals surface area (Å²) in [5, 5.41) is 5.58. The van der Waals surface area contributed by atoms with Gasteiger partial charge in [-0.2, -0.15) is 0 Å². The maximum atomic E-state index is 13.9. The van der Waals surface area contributed by atoms with Crippen LogP contribution in [0.2, 0.25) is 0 Å². The number of hydrogen-bond donors (Lipinski definition) is 1. The van der Waals surface area contributed by atoms with Crippen LogP contribution < -0.4 is 5.32 Å². The lowest BCUT2D eigenvalue weighted by Gasteiger charge is -2.39. The van der Waals surface area contributed by atoms with Crippen molar-refractivity contribution < 1.29 is 18.4 Å². The van der Waals surface area contributed by atoms with Gasteiger partial charge in [0.25, 0.3) is 5.91 Å². The molecular weight excluding hydrogens is 470 g/mol. The highest BCUT2D eigenvalue weighted by Gasteiger charge is 2.32. The minimum absolute atomic E-state index is 0.114. The molecule has 2 aromatic carbocycles. The molecule has 1 fully saturated rings. The van der Waals surface area contributed by atoms with Crippen molar-refractivity contribution in [3.05, 3.63) is 88.9 Å². The number of nitrogens with one attached hydrogen (secondary N) is 1. The van der Waals surface area contributed by atoms with Crippen LogP contribution in [0.4, 0.5) is 19.3 Å². The lowest BCUT2D eigenvalue weighted by Crippen LogP contribution is -2.56. The molecule has 3 heterocycles. The van der Waals surface area contributed by atoms with E-state index in [2.05, 4.69) is 5.32 Å². The molecule has 1 unspecified atom stereocenters. The number of anilines is 1. The van der Waals surface area contributed by atoms with Crippen LogP contribution in [0.15, 0.2) is 66.0 Å². The van der Waals surface area contributed by atoms with Gasteiger partial charge in [0.05, 0.1) is 5.69 Å². The van der Waals surface area contributed by atoms with Crippen molar-refractivity contribution in [3.63, 3.8) is 0 Å². The Labute approximate surface area is 205 Å². The van der Waals surface area contributed by atoms with E-state index in [1.165, 1.54) is 24.3 Å². The van der Waals surface area contributed by atoms with Gasteiger partial charge >= 0.3 is 6.03 Å². The number of fused-ring (bicyclic) bond motifs is 1. The van der Waals surface area contributed by atoms with Crippen LogP contribution in [0.1, 0.15) is 23.0 Å². The Kier molecular flexibility index (Phi) is 6.25. The number of aromatic nitrogens is 1. The lowest BCUT2D eigenvalue weighted by atomic mass is 10.1. The van der Waals surface area contributed by atoms with E-state index in [9.17, 15) is 18.4 Å². The normalized spacial score (nSPS) is 16.0. The zero-order valence-corrected chi connectivity index (χ0v) is 19.9. The number of halogens is 2. The third kappa shape index (κ3) is 4.64. The summed E-state index contributed by atoms with van der Waals surface area (Å²) < 4.78 is 29.3. The molecule has 1 saturated heterocycles. The number of benzene rings is 2. The smallest absolute Gasteiger partial charge is 0.322 e. The van der Waals surface area contributed by atoms with Gasteiger partial charge in [-0.25, -0.2) is 13.6 Å². The summed E-state index contributed by atoms with van der Waals surface area (Å²) in [6.45, 7) is 3.38. The fourth-order valence-corrected chi connectivity index (χ4v) is 5.33. The van der Waals surface area contributed by atoms with Gasteiger partial charge in [0.1, 0.15) is 22.2 Å². The standard InChI is InChI=1S/C26H24F2N4O2S/c1-17-15-30(11-12-31(17)26(34)29-22-5-3-2-4-21(22)28)24(33)23-14-19-10-13-35-25(19)32(23)16-18-6-8-20(27)9-7-18/h2-10,13-14,17H,11-12,15-16H2,1H3,(H,29,34). The monoisotopic (exact) mass is 494 g/mol. The van der Waals surface area contributed by atoms with Crippen molar-refractivity contribution in [1.29, 1.82) is 0 Å². The quantitative estimate of drug-likeness (QED) is 0.413. The molecule has 1 atom stereocenters. The van der Waals surface area contributed by atoms with Crippen LogP contribution in [0.5, 0.6) is 0 Å². The zero-order chi connectivity index (χ0) is 24.5. The topological polar surface area (TPSA) is 57.6 Å². The van der Waals surface area contributed by atoms with Crippen LogP contribution in [-0.2, 0) is 6.54 Å². The number of thiophene rings is 1. The molecule has 180 valence electrons. The molecule has 0 spiro atoms. The van der Waals surface area contributed by atoms with E-state index < -0.39 is 11.8 Å². The first-order valence-corrected chi connectivity index (χ1v) is 12.2. The predicted octanol–water partition coefficient (Wildman–Crippen LogP) is 5.41. The molecule has 1 aliphatic rings. The highest BCUT2D eigenvalue weighted by molar-refractivity contribution is 7.16. The zero-order valence-electron chi connectivity index (χ0n) is 19.1. The van der Waals surface area contributed by atoms with E-state index in [0.717, 1.165) is 15.8 Å². The number of urea groups is 1. The van der Waals surface area contributed by atoms with Gasteiger partial charge < -0.3 is 19.7 Å². The molecular formula is C26H24F2N4O2S. The van der Waals surface area contributed by atoms with Crippen molar-refractivity contribution >= 4 is 39.2 Å². The van der Waals surface area contributed by atoms with Crippen molar-refractivity contribution in [3.8, 4) is 0 Å². The molecule has 0 bridgehead atoms. The summed E-state index contributed by atoms with van der Waals surface area (Å²) in [5.41, 5.74) is 1.59. The van der Waals surface area contributed by atoms with Gasteiger partial charge in [-0.15, -0.1) is 11.3 Å². The Morgan fingerprint density at radius 2 is 1.83 bits per heavy atom. The van der Waals surface area contributed by atoms with Gasteiger partial charge in [0.15, 0.2) is 0 Å². The summed E-state index contributed by atoms with van der Waals surface area (Å²) in [4.78, 5) is 30.7. The maximum Gasteiger partial charge on any atom is 0.322 e. The molecule has 9 heteroatoms. The van der Waals surface area contributed by atoms with E-state index >= 15 is 0 Å². The van der Waals surface area contributed by atoms with Crippen LogP contribution >= 0.6 is 11.3 Å². The van der Waals surface area contributed by atoms with Gasteiger partial charge in [-0.3, -0.25) is 4.79 Å². The van der Waals surface area contributed by atoms with E-state index in [0.29, 0.717) is 31.9 Å². The number of nitrogens with zero attached hydrogens (tertiary/aromatic N) is 3. The van der Waals surface area contributed by atoms with E-state index in [1.54, 1.807) is 45.4 Å². The fraction of sp³-hybridized carbons (Fsp3) is 0.231. The molecule has 5 rings (SSSR count). The summed E-state index contributed by atoms with van der Waals surface area (Å²) in [6, 6.07) is 15.5. The molecule has 0 saturated carbocycles. The highest BCUT2D eigenvalue weighted by atomic mass is 32.1. The predicted molar refractivity (Wildman–Crippen MR) is 133 cm³/mol. The molecule has 0 aliphatic carbocycles. The Morgan fingerprint density at radius 3 is 2.57 bits per heavy atom. The second-order valence-electron chi connectivity index (χ2n) is 8.63. The Balaban J connectivity index is 1.32. The fourth-order valence-electron chi connectivity index (χ4n) is 4.44. The first-order valence-electron chi connectivity index (χ1n) is 11.3. The minimum Gasteiger partial charge on any atom is -0.334 e. The average Bonchev–Trinajstić information content (AvgIpc) is 3.44. The van der Waals surface area contributed by atoms with Crippen molar-refractivity contribution in [2.24, 2.45) is 0 Å². The highest BCUT2D eigenvalue weighted by Crippen LogP contribution is 2.28. The summed E-state index contributed by atoms with van der Waals surface area (Å²) in [7, 11) is 0. The van der Waals surface area contributed by atoms with Crippen LogP contribution in [-0.4, -0.2) is 52.0 Å². The lowest BCUT2D eigenvalue weighted by molar-refractivity contribution is 0.0583. The second-order valence-corrected chi connectivity index (χ2v) is 9.52. The molecule has 4 aromatic rings. The van der Waals surface area contributed by atoms with Crippen molar-refractivity contribution in [2.75, 3.05) is 25.0 Å². The molecule has 0 radical (unpaired) electrons. The SMILES string of the molecule is CC1CN(C(=O)c2cc3ccsc3n2Cc2ccc(F)cc2)CCN1C(=O)Nc1ccccc1F. The number of hydrogen-bond acceptors (Lipinski definition) is 3. The first kappa shape index (κ1) is 23.0. The number of rotatable bonds is 4. The number of piperazine rings is 1. The third-order valence-corrected chi connectivity index (χ3v) is 7.22. The Bertz CT molecular complexity index is 1380. The molecule has 35 heavy (non-hydrogen) atoms. The summed E-state index contributed by atoms with van der Waals surface area (Å²) >= 11 is 1.55.